The number of benzene rings is 2. The topological polar surface area (TPSA) is 99.3 Å². The number of nitrogens with zero attached hydrogens (tertiary/aromatic N) is 2. The summed E-state index contributed by atoms with van der Waals surface area (Å²) in [6.07, 6.45) is 3.50. The molecule has 0 aliphatic carbocycles. The van der Waals surface area contributed by atoms with Crippen molar-refractivity contribution in [2.24, 2.45) is 0 Å². The zero-order valence-corrected chi connectivity index (χ0v) is 23.4. The van der Waals surface area contributed by atoms with Crippen molar-refractivity contribution >= 4 is 72.0 Å². The van der Waals surface area contributed by atoms with E-state index in [0.717, 1.165) is 48.8 Å². The maximum absolute atomic E-state index is 12.9. The van der Waals surface area contributed by atoms with Gasteiger partial charge in [0.2, 0.25) is 0 Å². The van der Waals surface area contributed by atoms with Gasteiger partial charge in [0.05, 0.1) is 21.6 Å². The standard InChI is InChI=1S/C26H25BrIN5O3/c1-36-18-7-4-15(5-8-18)12-30-26(35)33-10-2-3-17(14-33)31-24-19-9-6-16(27)11-20(19)22-23(32-24)21(28)13-29-25(22)34/h4-9,11,13,17H,2-3,10,12,14H2,1H3,(H,29,34)(H,30,35)(H,31,32)/t17-/m0/s1. The molecule has 5 rings (SSSR count). The summed E-state index contributed by atoms with van der Waals surface area (Å²) in [5.41, 5.74) is 1.51. The molecule has 1 aliphatic rings. The number of ether oxygens (including phenoxy) is 1. The molecule has 1 saturated heterocycles. The number of piperidine rings is 1. The van der Waals surface area contributed by atoms with Crippen molar-refractivity contribution in [2.45, 2.75) is 25.4 Å². The zero-order chi connectivity index (χ0) is 25.2. The Morgan fingerprint density at radius 3 is 2.83 bits per heavy atom. The van der Waals surface area contributed by atoms with Crippen LogP contribution < -0.4 is 20.9 Å². The number of likely N-dealkylation sites (tertiary alicyclic amines) is 1. The molecule has 2 amide bonds. The fraction of sp³-hybridized carbons (Fsp3) is 0.269. The molecule has 0 unspecified atom stereocenters. The summed E-state index contributed by atoms with van der Waals surface area (Å²) in [6.45, 7) is 1.73. The number of nitrogens with one attached hydrogen (secondary N) is 3. The van der Waals surface area contributed by atoms with Crippen LogP contribution in [-0.4, -0.2) is 47.1 Å². The fourth-order valence-electron chi connectivity index (χ4n) is 4.57. The van der Waals surface area contributed by atoms with Gasteiger partial charge in [-0.3, -0.25) is 4.79 Å². The fourth-order valence-corrected chi connectivity index (χ4v) is 5.48. The van der Waals surface area contributed by atoms with Crippen LogP contribution >= 0.6 is 38.5 Å². The van der Waals surface area contributed by atoms with Gasteiger partial charge in [-0.05, 0) is 71.3 Å². The average Bonchev–Trinajstić information content (AvgIpc) is 2.89. The Hall–Kier alpha value is -2.86. The smallest absolute Gasteiger partial charge is 0.317 e. The molecule has 2 aromatic carbocycles. The first-order valence-electron chi connectivity index (χ1n) is 11.7. The number of fused-ring (bicyclic) bond motifs is 3. The first kappa shape index (κ1) is 24.8. The third-order valence-corrected chi connectivity index (χ3v) is 7.72. The van der Waals surface area contributed by atoms with Crippen molar-refractivity contribution in [3.8, 4) is 5.75 Å². The van der Waals surface area contributed by atoms with Crippen LogP contribution in [0.1, 0.15) is 18.4 Å². The number of hydrogen-bond acceptors (Lipinski definition) is 5. The van der Waals surface area contributed by atoms with Crippen LogP contribution in [0.2, 0.25) is 0 Å². The summed E-state index contributed by atoms with van der Waals surface area (Å²) < 4.78 is 6.96. The Balaban J connectivity index is 1.35. The van der Waals surface area contributed by atoms with Crippen LogP contribution in [0.15, 0.2) is 57.9 Å². The van der Waals surface area contributed by atoms with E-state index in [2.05, 4.69) is 54.1 Å². The van der Waals surface area contributed by atoms with E-state index in [9.17, 15) is 9.59 Å². The molecule has 0 spiro atoms. The normalized spacial score (nSPS) is 15.8. The van der Waals surface area contributed by atoms with Gasteiger partial charge in [0.15, 0.2) is 0 Å². The van der Waals surface area contributed by atoms with Gasteiger partial charge in [0, 0.05) is 47.1 Å². The number of aromatic nitrogens is 2. The highest BCUT2D eigenvalue weighted by molar-refractivity contribution is 14.1. The summed E-state index contributed by atoms with van der Waals surface area (Å²) in [5.74, 6) is 1.51. The number of hydrogen-bond donors (Lipinski definition) is 3. The van der Waals surface area contributed by atoms with Gasteiger partial charge in [0.25, 0.3) is 5.56 Å². The second-order valence-corrected chi connectivity index (χ2v) is 10.9. The van der Waals surface area contributed by atoms with Crippen molar-refractivity contribution in [1.29, 1.82) is 0 Å². The number of pyridine rings is 2. The Kier molecular flexibility index (Phi) is 7.33. The lowest BCUT2D eigenvalue weighted by molar-refractivity contribution is 0.182. The minimum atomic E-state index is -0.162. The Bertz CT molecular complexity index is 1490. The first-order chi connectivity index (χ1) is 17.4. The molecule has 10 heteroatoms. The lowest BCUT2D eigenvalue weighted by Crippen LogP contribution is -2.49. The summed E-state index contributed by atoms with van der Waals surface area (Å²) in [7, 11) is 1.63. The van der Waals surface area contributed by atoms with Gasteiger partial charge in [0.1, 0.15) is 11.6 Å². The van der Waals surface area contributed by atoms with E-state index in [4.69, 9.17) is 9.72 Å². The molecule has 0 saturated carbocycles. The molecule has 1 fully saturated rings. The van der Waals surface area contributed by atoms with Crippen LogP contribution in [0.3, 0.4) is 0 Å². The summed E-state index contributed by atoms with van der Waals surface area (Å²) in [5, 5.41) is 8.88. The van der Waals surface area contributed by atoms with Crippen LogP contribution in [0.4, 0.5) is 10.6 Å². The number of rotatable bonds is 5. The molecule has 4 aromatic rings. The highest BCUT2D eigenvalue weighted by Gasteiger charge is 2.25. The van der Waals surface area contributed by atoms with Crippen LogP contribution in [-0.2, 0) is 6.54 Å². The molecule has 186 valence electrons. The molecule has 1 atom stereocenters. The van der Waals surface area contributed by atoms with E-state index in [1.807, 2.05) is 47.4 Å². The Labute approximate surface area is 230 Å². The second kappa shape index (κ2) is 10.6. The van der Waals surface area contributed by atoms with E-state index >= 15 is 0 Å². The monoisotopic (exact) mass is 661 g/mol. The Morgan fingerprint density at radius 1 is 1.25 bits per heavy atom. The third-order valence-electron chi connectivity index (χ3n) is 6.40. The summed E-state index contributed by atoms with van der Waals surface area (Å²) in [6, 6.07) is 13.5. The van der Waals surface area contributed by atoms with Crippen molar-refractivity contribution in [3.05, 3.63) is 72.6 Å². The van der Waals surface area contributed by atoms with Crippen molar-refractivity contribution in [3.63, 3.8) is 0 Å². The van der Waals surface area contributed by atoms with E-state index in [1.165, 1.54) is 0 Å². The number of carbonyl (C=O) groups is 1. The largest absolute Gasteiger partial charge is 0.497 e. The molecular formula is C26H25BrIN5O3. The molecule has 3 heterocycles. The number of halogens is 2. The maximum atomic E-state index is 12.9. The lowest BCUT2D eigenvalue weighted by atomic mass is 10.0. The predicted molar refractivity (Wildman–Crippen MR) is 154 cm³/mol. The van der Waals surface area contributed by atoms with Crippen molar-refractivity contribution < 1.29 is 9.53 Å². The first-order valence-corrected chi connectivity index (χ1v) is 13.5. The van der Waals surface area contributed by atoms with Gasteiger partial charge in [-0.15, -0.1) is 0 Å². The number of anilines is 1. The van der Waals surface area contributed by atoms with Gasteiger partial charge in [-0.2, -0.15) is 0 Å². The Morgan fingerprint density at radius 2 is 2.06 bits per heavy atom. The van der Waals surface area contributed by atoms with Crippen LogP contribution in [0, 0.1) is 3.57 Å². The molecular weight excluding hydrogens is 637 g/mol. The molecule has 36 heavy (non-hydrogen) atoms. The third kappa shape index (κ3) is 5.15. The minimum absolute atomic E-state index is 0.0435. The van der Waals surface area contributed by atoms with Gasteiger partial charge < -0.3 is 25.3 Å². The number of aromatic amines is 1. The molecule has 0 radical (unpaired) electrons. The number of methoxy groups -OCH3 is 1. The van der Waals surface area contributed by atoms with E-state index in [0.29, 0.717) is 30.5 Å². The van der Waals surface area contributed by atoms with Crippen LogP contribution in [0.25, 0.3) is 21.7 Å². The van der Waals surface area contributed by atoms with Crippen molar-refractivity contribution in [1.82, 2.24) is 20.2 Å². The van der Waals surface area contributed by atoms with E-state index in [1.54, 1.807) is 13.3 Å². The molecule has 0 bridgehead atoms. The number of urea groups is 1. The highest BCUT2D eigenvalue weighted by Crippen LogP contribution is 2.32. The van der Waals surface area contributed by atoms with Gasteiger partial charge in [-0.1, -0.05) is 28.1 Å². The van der Waals surface area contributed by atoms with Gasteiger partial charge in [-0.25, -0.2) is 9.78 Å². The van der Waals surface area contributed by atoms with Gasteiger partial charge >= 0.3 is 6.03 Å². The minimum Gasteiger partial charge on any atom is -0.497 e. The zero-order valence-electron chi connectivity index (χ0n) is 19.6. The second-order valence-electron chi connectivity index (χ2n) is 8.78. The van der Waals surface area contributed by atoms with Crippen LogP contribution in [0.5, 0.6) is 5.75 Å². The predicted octanol–water partition coefficient (Wildman–Crippen LogP) is 5.24. The van der Waals surface area contributed by atoms with E-state index in [-0.39, 0.29) is 17.6 Å². The quantitative estimate of drug-likeness (QED) is 0.201. The SMILES string of the molecule is COc1ccc(CNC(=O)N2CCC[C@H](Nc3nc4c(I)c[nH]c(=O)c4c4cc(Br)ccc34)C2)cc1. The molecule has 1 aliphatic heterocycles. The summed E-state index contributed by atoms with van der Waals surface area (Å²) in [4.78, 5) is 35.1. The molecule has 3 N–H and O–H groups in total. The number of H-pyrrole nitrogens is 1. The average molecular weight is 662 g/mol. The summed E-state index contributed by atoms with van der Waals surface area (Å²) >= 11 is 5.73. The lowest BCUT2D eigenvalue weighted by Gasteiger charge is -2.33. The maximum Gasteiger partial charge on any atom is 0.317 e. The van der Waals surface area contributed by atoms with Crippen molar-refractivity contribution in [2.75, 3.05) is 25.5 Å². The molecule has 2 aromatic heterocycles. The highest BCUT2D eigenvalue weighted by atomic mass is 127. The van der Waals surface area contributed by atoms with E-state index < -0.39 is 0 Å². The number of amides is 2. The number of carbonyl (C=O) groups excluding carboxylic acids is 1. The molecule has 8 nitrogen and oxygen atoms in total.